The number of hydrogen-bond acceptors (Lipinski definition) is 3. The molecule has 4 nitrogen and oxygen atoms in total. The normalized spacial score (nSPS) is 13.8. The van der Waals surface area contributed by atoms with E-state index < -0.39 is 46.4 Å². The van der Waals surface area contributed by atoms with Crippen LogP contribution in [0.5, 0.6) is 5.75 Å². The number of sulfonamides is 1. The van der Waals surface area contributed by atoms with Crippen molar-refractivity contribution < 1.29 is 39.9 Å². The van der Waals surface area contributed by atoms with Gasteiger partial charge in [-0.1, -0.05) is 6.92 Å². The Morgan fingerprint density at radius 2 is 1.46 bits per heavy atom. The molecule has 0 aromatic heterocycles. The zero-order valence-electron chi connectivity index (χ0n) is 12.4. The van der Waals surface area contributed by atoms with E-state index in [1.807, 2.05) is 4.72 Å². The van der Waals surface area contributed by atoms with Crippen molar-refractivity contribution in [3.8, 4) is 5.75 Å². The second-order valence-electron chi connectivity index (χ2n) is 5.15. The van der Waals surface area contributed by atoms with E-state index >= 15 is 0 Å². The molecular formula is C13H15F6NO3S. The Hall–Kier alpha value is -1.65. The van der Waals surface area contributed by atoms with Crippen LogP contribution in [0.3, 0.4) is 0 Å². The van der Waals surface area contributed by atoms with E-state index in [1.165, 1.54) is 0 Å². The van der Waals surface area contributed by atoms with Crippen LogP contribution < -0.4 is 4.72 Å². The van der Waals surface area contributed by atoms with Crippen molar-refractivity contribution in [1.29, 1.82) is 0 Å². The predicted octanol–water partition coefficient (Wildman–Crippen LogP) is 4.05. The van der Waals surface area contributed by atoms with Crippen LogP contribution in [-0.2, 0) is 10.0 Å². The van der Waals surface area contributed by atoms with Crippen LogP contribution in [0.2, 0.25) is 0 Å². The number of phenolic OH excluding ortho intramolecular Hbond substituents is 1. The molecule has 0 atom stereocenters. The SMILES string of the molecule is CCC(CCS(=O)(=O)Nc1ccc(O)cc1)(C(F)(F)F)C(F)(F)F. The topological polar surface area (TPSA) is 66.4 Å². The highest BCUT2D eigenvalue weighted by Gasteiger charge is 2.69. The Morgan fingerprint density at radius 1 is 1.00 bits per heavy atom. The number of aromatic hydroxyl groups is 1. The number of anilines is 1. The molecule has 0 fully saturated rings. The summed E-state index contributed by atoms with van der Waals surface area (Å²) in [4.78, 5) is 0. The maximum absolute atomic E-state index is 13.0. The third-order valence-corrected chi connectivity index (χ3v) is 4.92. The van der Waals surface area contributed by atoms with Gasteiger partial charge >= 0.3 is 12.4 Å². The molecule has 0 aliphatic carbocycles. The molecule has 0 unspecified atom stereocenters. The van der Waals surface area contributed by atoms with Crippen molar-refractivity contribution in [1.82, 2.24) is 0 Å². The zero-order valence-corrected chi connectivity index (χ0v) is 13.2. The van der Waals surface area contributed by atoms with E-state index in [9.17, 15) is 34.8 Å². The van der Waals surface area contributed by atoms with E-state index in [-0.39, 0.29) is 11.4 Å². The lowest BCUT2D eigenvalue weighted by Gasteiger charge is -2.36. The van der Waals surface area contributed by atoms with Crippen molar-refractivity contribution in [3.63, 3.8) is 0 Å². The van der Waals surface area contributed by atoms with E-state index in [0.29, 0.717) is 6.92 Å². The molecule has 24 heavy (non-hydrogen) atoms. The van der Waals surface area contributed by atoms with Crippen molar-refractivity contribution >= 4 is 15.7 Å². The summed E-state index contributed by atoms with van der Waals surface area (Å²) in [6.07, 6.45) is -14.2. The predicted molar refractivity (Wildman–Crippen MR) is 75.0 cm³/mol. The van der Waals surface area contributed by atoms with Gasteiger partial charge in [0.15, 0.2) is 5.41 Å². The summed E-state index contributed by atoms with van der Waals surface area (Å²) in [5, 5.41) is 9.05. The van der Waals surface area contributed by atoms with Crippen LogP contribution in [-0.4, -0.2) is 31.6 Å². The summed E-state index contributed by atoms with van der Waals surface area (Å²) in [5.74, 6) is -1.54. The lowest BCUT2D eigenvalue weighted by molar-refractivity contribution is -0.342. The van der Waals surface area contributed by atoms with Gasteiger partial charge in [0.1, 0.15) is 5.75 Å². The lowest BCUT2D eigenvalue weighted by Crippen LogP contribution is -2.50. The third-order valence-electron chi connectivity index (χ3n) is 3.63. The van der Waals surface area contributed by atoms with Crippen molar-refractivity contribution in [2.75, 3.05) is 10.5 Å². The number of halogens is 6. The molecule has 0 radical (unpaired) electrons. The van der Waals surface area contributed by atoms with E-state index in [4.69, 9.17) is 5.11 Å². The molecule has 0 saturated heterocycles. The van der Waals surface area contributed by atoms with Gasteiger partial charge in [-0.2, -0.15) is 26.3 Å². The summed E-state index contributed by atoms with van der Waals surface area (Å²) in [6, 6.07) is 4.46. The largest absolute Gasteiger partial charge is 0.508 e. The highest BCUT2D eigenvalue weighted by molar-refractivity contribution is 7.92. The molecule has 138 valence electrons. The molecule has 2 N–H and O–H groups in total. The third kappa shape index (κ3) is 4.46. The number of phenols is 1. The molecule has 0 spiro atoms. The molecule has 1 aromatic rings. The first-order chi connectivity index (χ1) is 10.7. The highest BCUT2D eigenvalue weighted by Crippen LogP contribution is 2.54. The number of benzene rings is 1. The number of rotatable bonds is 6. The van der Waals surface area contributed by atoms with Crippen LogP contribution in [0.25, 0.3) is 0 Å². The summed E-state index contributed by atoms with van der Waals surface area (Å²) >= 11 is 0. The maximum Gasteiger partial charge on any atom is 0.403 e. The summed E-state index contributed by atoms with van der Waals surface area (Å²) in [6.45, 7) is 0.709. The van der Waals surface area contributed by atoms with Gasteiger partial charge in [0, 0.05) is 5.69 Å². The average Bonchev–Trinajstić information content (AvgIpc) is 2.39. The Labute approximate surface area is 134 Å². The smallest absolute Gasteiger partial charge is 0.403 e. The molecular weight excluding hydrogens is 364 g/mol. The quantitative estimate of drug-likeness (QED) is 0.579. The molecule has 1 aromatic carbocycles. The minimum absolute atomic E-state index is 0.0890. The second-order valence-corrected chi connectivity index (χ2v) is 6.99. The van der Waals surface area contributed by atoms with Gasteiger partial charge in [0.2, 0.25) is 10.0 Å². The Kier molecular flexibility index (Phi) is 5.69. The van der Waals surface area contributed by atoms with Crippen molar-refractivity contribution in [2.45, 2.75) is 32.1 Å². The first-order valence-corrected chi connectivity index (χ1v) is 8.32. The van der Waals surface area contributed by atoms with Crippen LogP contribution >= 0.6 is 0 Å². The first kappa shape index (κ1) is 20.4. The van der Waals surface area contributed by atoms with Crippen LogP contribution in [0.1, 0.15) is 19.8 Å². The fourth-order valence-corrected chi connectivity index (χ4v) is 3.30. The summed E-state index contributed by atoms with van der Waals surface area (Å²) in [5.41, 5.74) is -4.18. The average molecular weight is 379 g/mol. The van der Waals surface area contributed by atoms with Gasteiger partial charge in [0.25, 0.3) is 0 Å². The minimum Gasteiger partial charge on any atom is -0.508 e. The van der Waals surface area contributed by atoms with Crippen LogP contribution in [0, 0.1) is 5.41 Å². The van der Waals surface area contributed by atoms with Gasteiger partial charge in [-0.05, 0) is 37.1 Å². The maximum atomic E-state index is 13.0. The fourth-order valence-electron chi connectivity index (χ4n) is 2.09. The molecule has 11 heteroatoms. The standard InChI is InChI=1S/C13H15F6NO3S/c1-2-11(12(14,15)16,13(17,18)19)7-8-24(22,23)20-9-3-5-10(21)6-4-9/h3-6,20-21H,2,7-8H2,1H3. The number of hydrogen-bond donors (Lipinski definition) is 2. The van der Waals surface area contributed by atoms with Crippen molar-refractivity contribution in [3.05, 3.63) is 24.3 Å². The summed E-state index contributed by atoms with van der Waals surface area (Å²) < 4.78 is 103. The molecule has 1 rings (SSSR count). The Bertz CT molecular complexity index is 638. The fraction of sp³-hybridized carbons (Fsp3) is 0.538. The van der Waals surface area contributed by atoms with Gasteiger partial charge < -0.3 is 5.11 Å². The monoisotopic (exact) mass is 379 g/mol. The van der Waals surface area contributed by atoms with Gasteiger partial charge in [-0.15, -0.1) is 0 Å². The molecule has 0 saturated carbocycles. The highest BCUT2D eigenvalue weighted by atomic mass is 32.2. The van der Waals surface area contributed by atoms with E-state index in [1.54, 1.807) is 0 Å². The van der Waals surface area contributed by atoms with Crippen LogP contribution in [0.15, 0.2) is 24.3 Å². The van der Waals surface area contributed by atoms with Crippen LogP contribution in [0.4, 0.5) is 32.0 Å². The molecule has 0 bridgehead atoms. The van der Waals surface area contributed by atoms with E-state index in [2.05, 4.69) is 0 Å². The molecule has 0 amide bonds. The first-order valence-electron chi connectivity index (χ1n) is 6.67. The Balaban J connectivity index is 2.99. The minimum atomic E-state index is -5.63. The Morgan fingerprint density at radius 3 is 1.83 bits per heavy atom. The lowest BCUT2D eigenvalue weighted by atomic mass is 9.81. The van der Waals surface area contributed by atoms with E-state index in [0.717, 1.165) is 24.3 Å². The second kappa shape index (κ2) is 6.69. The number of alkyl halides is 6. The molecule has 0 heterocycles. The van der Waals surface area contributed by atoms with Crippen molar-refractivity contribution in [2.24, 2.45) is 5.41 Å². The zero-order chi connectivity index (χ0) is 18.8. The number of nitrogens with one attached hydrogen (secondary N) is 1. The van der Waals surface area contributed by atoms with Gasteiger partial charge in [0.05, 0.1) is 5.75 Å². The molecule has 0 aliphatic heterocycles. The summed E-state index contributed by atoms with van der Waals surface area (Å²) in [7, 11) is -4.44. The molecule has 0 aliphatic rings. The van der Waals surface area contributed by atoms with Gasteiger partial charge in [-0.3, -0.25) is 4.72 Å². The van der Waals surface area contributed by atoms with Gasteiger partial charge in [-0.25, -0.2) is 8.42 Å².